The first-order valence-electron chi connectivity index (χ1n) is 5.47. The summed E-state index contributed by atoms with van der Waals surface area (Å²) in [6.07, 6.45) is 2.00. The summed E-state index contributed by atoms with van der Waals surface area (Å²) in [5.41, 5.74) is 0.859. The van der Waals surface area contributed by atoms with Crippen molar-refractivity contribution in [2.24, 2.45) is 0 Å². The van der Waals surface area contributed by atoms with E-state index in [0.717, 1.165) is 12.2 Å². The fourth-order valence-electron chi connectivity index (χ4n) is 1.50. The second-order valence-electron chi connectivity index (χ2n) is 3.88. The van der Waals surface area contributed by atoms with Crippen LogP contribution >= 0.6 is 0 Å². The third kappa shape index (κ3) is 2.86. The lowest BCUT2D eigenvalue weighted by atomic mass is 10.1. The minimum Gasteiger partial charge on any atom is -0.478 e. The quantitative estimate of drug-likeness (QED) is 0.515. The molecule has 0 atom stereocenters. The predicted octanol–water partition coefficient (Wildman–Crippen LogP) is 2.05. The third-order valence-corrected chi connectivity index (χ3v) is 2.46. The van der Waals surface area contributed by atoms with E-state index in [1.165, 1.54) is 6.07 Å². The minimum absolute atomic E-state index is 0.00521. The zero-order chi connectivity index (χ0) is 14.7. The second-order valence-corrected chi connectivity index (χ2v) is 3.88. The van der Waals surface area contributed by atoms with Crippen LogP contribution in [0, 0.1) is 17.0 Å². The van der Waals surface area contributed by atoms with Crippen molar-refractivity contribution < 1.29 is 19.2 Å². The van der Waals surface area contributed by atoms with Crippen LogP contribution in [-0.4, -0.2) is 26.2 Å². The van der Waals surface area contributed by atoms with Gasteiger partial charge in [-0.15, -0.1) is 10.2 Å². The molecule has 8 nitrogen and oxygen atoms in total. The van der Waals surface area contributed by atoms with Gasteiger partial charge >= 0.3 is 5.97 Å². The predicted molar refractivity (Wildman–Crippen MR) is 67.8 cm³/mol. The van der Waals surface area contributed by atoms with Gasteiger partial charge < -0.3 is 9.52 Å². The summed E-state index contributed by atoms with van der Waals surface area (Å²) in [5.74, 6) is -1.06. The van der Waals surface area contributed by atoms with Crippen molar-refractivity contribution in [3.8, 4) is 11.5 Å². The average Bonchev–Trinajstić information content (AvgIpc) is 2.85. The Morgan fingerprint density at radius 3 is 2.85 bits per heavy atom. The van der Waals surface area contributed by atoms with Gasteiger partial charge in [-0.05, 0) is 13.0 Å². The smallest absolute Gasteiger partial charge is 0.328 e. The number of carboxylic acids is 1. The number of carboxylic acid groups (broad SMARTS) is 1. The topological polar surface area (TPSA) is 119 Å². The van der Waals surface area contributed by atoms with Crippen LogP contribution in [0.1, 0.15) is 11.5 Å². The van der Waals surface area contributed by atoms with E-state index in [0.29, 0.717) is 11.1 Å². The van der Waals surface area contributed by atoms with Crippen LogP contribution in [-0.2, 0) is 4.79 Å². The largest absolute Gasteiger partial charge is 0.478 e. The van der Waals surface area contributed by atoms with Gasteiger partial charge in [-0.1, -0.05) is 6.07 Å². The Kier molecular flexibility index (Phi) is 3.56. The Morgan fingerprint density at radius 1 is 1.45 bits per heavy atom. The molecular formula is C12H9N3O5. The molecule has 0 radical (unpaired) electrons. The maximum absolute atomic E-state index is 10.9. The SMILES string of the molecule is Cc1ccc(-c2nnc(/C=C/C(=O)O)o2)cc1[N+](=O)[O-]. The van der Waals surface area contributed by atoms with Crippen LogP contribution in [0.4, 0.5) is 5.69 Å². The van der Waals surface area contributed by atoms with Crippen LogP contribution in [0.5, 0.6) is 0 Å². The molecule has 0 aliphatic heterocycles. The van der Waals surface area contributed by atoms with Gasteiger partial charge in [-0.3, -0.25) is 10.1 Å². The van der Waals surface area contributed by atoms with Crippen LogP contribution in [0.25, 0.3) is 17.5 Å². The molecule has 20 heavy (non-hydrogen) atoms. The zero-order valence-corrected chi connectivity index (χ0v) is 10.3. The lowest BCUT2D eigenvalue weighted by Crippen LogP contribution is -1.92. The summed E-state index contributed by atoms with van der Waals surface area (Å²) >= 11 is 0. The number of hydrogen-bond acceptors (Lipinski definition) is 6. The fraction of sp³-hybridized carbons (Fsp3) is 0.0833. The second kappa shape index (κ2) is 5.31. The molecule has 0 aliphatic carbocycles. The normalized spacial score (nSPS) is 10.8. The Labute approximate surface area is 112 Å². The van der Waals surface area contributed by atoms with Gasteiger partial charge in [0.25, 0.3) is 5.69 Å². The molecule has 2 aromatic rings. The van der Waals surface area contributed by atoms with Gasteiger partial charge in [0.2, 0.25) is 11.8 Å². The highest BCUT2D eigenvalue weighted by molar-refractivity contribution is 5.84. The van der Waals surface area contributed by atoms with Crippen LogP contribution in [0.2, 0.25) is 0 Å². The van der Waals surface area contributed by atoms with Crippen molar-refractivity contribution in [1.29, 1.82) is 0 Å². The van der Waals surface area contributed by atoms with Gasteiger partial charge in [-0.2, -0.15) is 0 Å². The standard InChI is InChI=1S/C12H9N3O5/c1-7-2-3-8(6-9(7)15(18)19)12-14-13-10(20-12)4-5-11(16)17/h2-6H,1H3,(H,16,17)/b5-4+. The molecule has 0 bridgehead atoms. The summed E-state index contributed by atoms with van der Waals surface area (Å²) in [4.78, 5) is 20.7. The number of carbonyl (C=O) groups is 1. The third-order valence-electron chi connectivity index (χ3n) is 2.46. The zero-order valence-electron chi connectivity index (χ0n) is 10.3. The first-order chi connectivity index (χ1) is 9.47. The lowest BCUT2D eigenvalue weighted by molar-refractivity contribution is -0.385. The number of aryl methyl sites for hydroxylation is 1. The molecular weight excluding hydrogens is 266 g/mol. The summed E-state index contributed by atoms with van der Waals surface area (Å²) in [7, 11) is 0. The molecule has 0 saturated heterocycles. The highest BCUT2D eigenvalue weighted by Gasteiger charge is 2.15. The van der Waals surface area contributed by atoms with E-state index < -0.39 is 10.9 Å². The Bertz CT molecular complexity index is 705. The van der Waals surface area contributed by atoms with Gasteiger partial charge in [0.05, 0.1) is 4.92 Å². The molecule has 102 valence electrons. The first-order valence-corrected chi connectivity index (χ1v) is 5.47. The van der Waals surface area contributed by atoms with E-state index in [1.807, 2.05) is 0 Å². The average molecular weight is 275 g/mol. The summed E-state index contributed by atoms with van der Waals surface area (Å²) in [6, 6.07) is 4.51. The first kappa shape index (κ1) is 13.4. The molecule has 0 saturated carbocycles. The molecule has 0 unspecified atom stereocenters. The van der Waals surface area contributed by atoms with E-state index in [-0.39, 0.29) is 17.5 Å². The Morgan fingerprint density at radius 2 is 2.20 bits per heavy atom. The Hall–Kier alpha value is -3.03. The van der Waals surface area contributed by atoms with Gasteiger partial charge in [0, 0.05) is 29.3 Å². The summed E-state index contributed by atoms with van der Waals surface area (Å²) < 4.78 is 5.20. The van der Waals surface area contributed by atoms with Gasteiger partial charge in [0.1, 0.15) is 0 Å². The van der Waals surface area contributed by atoms with Crippen molar-refractivity contribution in [1.82, 2.24) is 10.2 Å². The molecule has 1 heterocycles. The van der Waals surface area contributed by atoms with E-state index in [1.54, 1.807) is 19.1 Å². The van der Waals surface area contributed by atoms with E-state index in [4.69, 9.17) is 9.52 Å². The maximum Gasteiger partial charge on any atom is 0.328 e. The number of nitro groups is 1. The van der Waals surface area contributed by atoms with E-state index in [2.05, 4.69) is 10.2 Å². The molecule has 0 amide bonds. The number of aromatic nitrogens is 2. The molecule has 1 N–H and O–H groups in total. The van der Waals surface area contributed by atoms with Crippen molar-refractivity contribution in [2.45, 2.75) is 6.92 Å². The lowest BCUT2D eigenvalue weighted by Gasteiger charge is -1.98. The highest BCUT2D eigenvalue weighted by atomic mass is 16.6. The molecule has 8 heteroatoms. The number of nitro benzene ring substituents is 1. The number of aliphatic carboxylic acids is 1. The molecule has 1 aromatic heterocycles. The molecule has 0 spiro atoms. The van der Waals surface area contributed by atoms with Crippen molar-refractivity contribution >= 4 is 17.7 Å². The monoisotopic (exact) mass is 275 g/mol. The molecule has 1 aromatic carbocycles. The summed E-state index contributed by atoms with van der Waals surface area (Å²) in [6.45, 7) is 1.62. The highest BCUT2D eigenvalue weighted by Crippen LogP contribution is 2.26. The fourth-order valence-corrected chi connectivity index (χ4v) is 1.50. The molecule has 2 rings (SSSR count). The summed E-state index contributed by atoms with van der Waals surface area (Å²) in [5, 5.41) is 26.7. The van der Waals surface area contributed by atoms with Crippen molar-refractivity contribution in [3.63, 3.8) is 0 Å². The van der Waals surface area contributed by atoms with Crippen molar-refractivity contribution in [2.75, 3.05) is 0 Å². The number of nitrogens with zero attached hydrogens (tertiary/aromatic N) is 3. The van der Waals surface area contributed by atoms with Crippen molar-refractivity contribution in [3.05, 3.63) is 45.8 Å². The van der Waals surface area contributed by atoms with E-state index >= 15 is 0 Å². The number of rotatable bonds is 4. The molecule has 0 aliphatic rings. The van der Waals surface area contributed by atoms with Crippen LogP contribution in [0.15, 0.2) is 28.7 Å². The van der Waals surface area contributed by atoms with Gasteiger partial charge in [0.15, 0.2) is 0 Å². The van der Waals surface area contributed by atoms with Crippen LogP contribution in [0.3, 0.4) is 0 Å². The van der Waals surface area contributed by atoms with E-state index in [9.17, 15) is 14.9 Å². The Balaban J connectivity index is 2.35. The minimum atomic E-state index is -1.14. The maximum atomic E-state index is 10.9. The molecule has 0 fully saturated rings. The number of hydrogen-bond donors (Lipinski definition) is 1. The van der Waals surface area contributed by atoms with Gasteiger partial charge in [-0.25, -0.2) is 4.79 Å². The van der Waals surface area contributed by atoms with Crippen LogP contribution < -0.4 is 0 Å². The number of benzene rings is 1.